The summed E-state index contributed by atoms with van der Waals surface area (Å²) in [5.74, 6) is 1.37. The summed E-state index contributed by atoms with van der Waals surface area (Å²) in [5.41, 5.74) is 0. The average molecular weight is 250 g/mol. The van der Waals surface area contributed by atoms with Crippen molar-refractivity contribution < 1.29 is 10.2 Å². The van der Waals surface area contributed by atoms with Gasteiger partial charge in [0.15, 0.2) is 0 Å². The number of allylic oxidation sites excluding steroid dienone is 2. The lowest BCUT2D eigenvalue weighted by atomic mass is 9.90. The summed E-state index contributed by atoms with van der Waals surface area (Å²) in [6.45, 7) is 2.17. The molecule has 2 heteroatoms. The van der Waals surface area contributed by atoms with E-state index in [4.69, 9.17) is 0 Å². The van der Waals surface area contributed by atoms with Gasteiger partial charge in [0.2, 0.25) is 0 Å². The molecule has 0 aromatic rings. The molecule has 0 saturated heterocycles. The van der Waals surface area contributed by atoms with Crippen LogP contribution in [0.25, 0.3) is 0 Å². The molecule has 0 bridgehead atoms. The zero-order chi connectivity index (χ0) is 13.0. The van der Waals surface area contributed by atoms with E-state index in [1.807, 2.05) is 6.08 Å². The van der Waals surface area contributed by atoms with Gasteiger partial charge in [0.1, 0.15) is 0 Å². The minimum atomic E-state index is -0.336. The Morgan fingerprint density at radius 3 is 3.00 bits per heavy atom. The van der Waals surface area contributed by atoms with Crippen LogP contribution in [0.15, 0.2) is 24.3 Å². The quantitative estimate of drug-likeness (QED) is 0.562. The second-order valence-corrected chi connectivity index (χ2v) is 5.82. The maximum Gasteiger partial charge on any atom is 0.0721 e. The van der Waals surface area contributed by atoms with Crippen LogP contribution in [0.4, 0.5) is 0 Å². The Kier molecular flexibility index (Phi) is 5.02. The molecule has 0 aromatic heterocycles. The predicted octanol–water partition coefficient (Wildman–Crippen LogP) is 3.06. The summed E-state index contributed by atoms with van der Waals surface area (Å²) in [6, 6.07) is 0. The molecule has 1 fully saturated rings. The first-order valence-corrected chi connectivity index (χ1v) is 7.43. The van der Waals surface area contributed by atoms with E-state index in [-0.39, 0.29) is 18.1 Å². The first kappa shape index (κ1) is 13.8. The van der Waals surface area contributed by atoms with Gasteiger partial charge < -0.3 is 10.2 Å². The lowest BCUT2D eigenvalue weighted by Gasteiger charge is -2.17. The van der Waals surface area contributed by atoms with Gasteiger partial charge in [0.05, 0.1) is 12.2 Å². The lowest BCUT2D eigenvalue weighted by Crippen LogP contribution is -2.17. The molecule has 2 aliphatic carbocycles. The lowest BCUT2D eigenvalue weighted by molar-refractivity contribution is 0.140. The molecule has 102 valence electrons. The Morgan fingerprint density at radius 2 is 2.22 bits per heavy atom. The summed E-state index contributed by atoms with van der Waals surface area (Å²) >= 11 is 0. The van der Waals surface area contributed by atoms with Crippen LogP contribution in [0.3, 0.4) is 0 Å². The second-order valence-electron chi connectivity index (χ2n) is 5.82. The monoisotopic (exact) mass is 250 g/mol. The fourth-order valence-electron chi connectivity index (χ4n) is 3.37. The van der Waals surface area contributed by atoms with E-state index >= 15 is 0 Å². The van der Waals surface area contributed by atoms with Gasteiger partial charge in [0, 0.05) is 5.92 Å². The Morgan fingerprint density at radius 1 is 1.39 bits per heavy atom. The highest BCUT2D eigenvalue weighted by molar-refractivity contribution is 5.13. The van der Waals surface area contributed by atoms with Crippen molar-refractivity contribution in [1.82, 2.24) is 0 Å². The van der Waals surface area contributed by atoms with Crippen LogP contribution < -0.4 is 0 Å². The zero-order valence-corrected chi connectivity index (χ0v) is 11.3. The van der Waals surface area contributed by atoms with Crippen molar-refractivity contribution in [3.8, 4) is 0 Å². The van der Waals surface area contributed by atoms with Crippen molar-refractivity contribution in [2.45, 2.75) is 57.7 Å². The van der Waals surface area contributed by atoms with E-state index in [0.717, 1.165) is 25.7 Å². The zero-order valence-electron chi connectivity index (χ0n) is 11.3. The molecule has 2 nitrogen and oxygen atoms in total. The summed E-state index contributed by atoms with van der Waals surface area (Å²) in [5, 5.41) is 19.9. The van der Waals surface area contributed by atoms with Crippen molar-refractivity contribution in [2.24, 2.45) is 17.8 Å². The molecule has 0 amide bonds. The van der Waals surface area contributed by atoms with Crippen LogP contribution in [-0.4, -0.2) is 22.4 Å². The number of hydrogen-bond acceptors (Lipinski definition) is 2. The van der Waals surface area contributed by atoms with Crippen LogP contribution in [0.1, 0.15) is 45.4 Å². The third-order valence-electron chi connectivity index (χ3n) is 4.45. The van der Waals surface area contributed by atoms with Crippen LogP contribution >= 0.6 is 0 Å². The van der Waals surface area contributed by atoms with Crippen molar-refractivity contribution in [3.63, 3.8) is 0 Å². The van der Waals surface area contributed by atoms with Crippen molar-refractivity contribution in [2.75, 3.05) is 0 Å². The van der Waals surface area contributed by atoms with Crippen molar-refractivity contribution in [1.29, 1.82) is 0 Å². The van der Waals surface area contributed by atoms with E-state index in [1.54, 1.807) is 0 Å². The van der Waals surface area contributed by atoms with Crippen LogP contribution in [0, 0.1) is 17.8 Å². The van der Waals surface area contributed by atoms with Gasteiger partial charge in [-0.25, -0.2) is 0 Å². The fraction of sp³-hybridized carbons (Fsp3) is 0.750. The molecular formula is C16H26O2. The van der Waals surface area contributed by atoms with Crippen molar-refractivity contribution in [3.05, 3.63) is 24.3 Å². The van der Waals surface area contributed by atoms with Gasteiger partial charge in [0.25, 0.3) is 0 Å². The number of fused-ring (bicyclic) bond motifs is 1. The summed E-state index contributed by atoms with van der Waals surface area (Å²) < 4.78 is 0. The molecule has 18 heavy (non-hydrogen) atoms. The first-order chi connectivity index (χ1) is 8.72. The van der Waals surface area contributed by atoms with E-state index in [2.05, 4.69) is 25.2 Å². The van der Waals surface area contributed by atoms with Crippen LogP contribution in [-0.2, 0) is 0 Å². The fourth-order valence-corrected chi connectivity index (χ4v) is 3.37. The number of unbranched alkanes of at least 4 members (excludes halogenated alkanes) is 2. The Hall–Kier alpha value is -0.600. The van der Waals surface area contributed by atoms with Gasteiger partial charge in [-0.2, -0.15) is 0 Å². The third-order valence-corrected chi connectivity index (χ3v) is 4.45. The molecule has 5 atom stereocenters. The smallest absolute Gasteiger partial charge is 0.0721 e. The largest absolute Gasteiger partial charge is 0.392 e. The predicted molar refractivity (Wildman–Crippen MR) is 74.1 cm³/mol. The Balaban J connectivity index is 1.81. The normalized spacial score (nSPS) is 36.4. The van der Waals surface area contributed by atoms with E-state index in [9.17, 15) is 10.2 Å². The van der Waals surface area contributed by atoms with Gasteiger partial charge in [-0.05, 0) is 31.1 Å². The standard InChI is InChI=1S/C16H26O2/c1-2-3-4-7-13(17)9-10-15-14-8-5-6-12(14)11-16(15)18/h5-6,9-10,12-18H,2-4,7-8,11H2,1H3/b10-9+/t12?,13-,14?,15?,16?/m0/s1. The van der Waals surface area contributed by atoms with E-state index in [0.29, 0.717) is 11.8 Å². The summed E-state index contributed by atoms with van der Waals surface area (Å²) in [7, 11) is 0. The SMILES string of the molecule is CCCCC[C@H](O)/C=C/C1C(O)CC2C=CCC21. The molecule has 0 aromatic carbocycles. The highest BCUT2D eigenvalue weighted by atomic mass is 16.3. The van der Waals surface area contributed by atoms with Gasteiger partial charge >= 0.3 is 0 Å². The molecule has 4 unspecified atom stereocenters. The summed E-state index contributed by atoms with van der Waals surface area (Å²) in [6.07, 6.45) is 14.2. The highest BCUT2D eigenvalue weighted by Crippen LogP contribution is 2.44. The minimum Gasteiger partial charge on any atom is -0.392 e. The number of aliphatic hydroxyl groups is 2. The maximum atomic E-state index is 10.1. The third kappa shape index (κ3) is 3.24. The molecule has 0 radical (unpaired) electrons. The van der Waals surface area contributed by atoms with Gasteiger partial charge in [-0.1, -0.05) is 50.5 Å². The molecule has 1 saturated carbocycles. The molecule has 0 aliphatic heterocycles. The average Bonchev–Trinajstić information content (AvgIpc) is 2.88. The maximum absolute atomic E-state index is 10.1. The molecule has 2 aliphatic rings. The number of rotatable bonds is 6. The topological polar surface area (TPSA) is 40.5 Å². The van der Waals surface area contributed by atoms with Crippen LogP contribution in [0.2, 0.25) is 0 Å². The van der Waals surface area contributed by atoms with Crippen molar-refractivity contribution >= 4 is 0 Å². The Labute approximate surface area is 110 Å². The second kappa shape index (κ2) is 6.53. The molecule has 2 N–H and O–H groups in total. The molecule has 0 spiro atoms. The first-order valence-electron chi connectivity index (χ1n) is 7.43. The van der Waals surface area contributed by atoms with E-state index < -0.39 is 0 Å². The minimum absolute atomic E-state index is 0.218. The van der Waals surface area contributed by atoms with Crippen LogP contribution in [0.5, 0.6) is 0 Å². The molecule has 2 rings (SSSR count). The molecular weight excluding hydrogens is 224 g/mol. The Bertz CT molecular complexity index is 308. The number of hydrogen-bond donors (Lipinski definition) is 2. The summed E-state index contributed by atoms with van der Waals surface area (Å²) in [4.78, 5) is 0. The van der Waals surface area contributed by atoms with E-state index in [1.165, 1.54) is 12.8 Å². The highest BCUT2D eigenvalue weighted by Gasteiger charge is 2.41. The van der Waals surface area contributed by atoms with Gasteiger partial charge in [-0.15, -0.1) is 0 Å². The molecule has 0 heterocycles. The number of aliphatic hydroxyl groups excluding tert-OH is 2. The van der Waals surface area contributed by atoms with Gasteiger partial charge in [-0.3, -0.25) is 0 Å².